The predicted octanol–water partition coefficient (Wildman–Crippen LogP) is -0.976. The van der Waals surface area contributed by atoms with Gasteiger partial charge in [0.2, 0.25) is 0 Å². The van der Waals surface area contributed by atoms with Crippen molar-refractivity contribution in [2.24, 2.45) is 5.73 Å². The summed E-state index contributed by atoms with van der Waals surface area (Å²) in [5.74, 6) is 0. The average Bonchev–Trinajstić information content (AvgIpc) is 1.81. The van der Waals surface area contributed by atoms with Gasteiger partial charge in [-0.25, -0.2) is 4.89 Å². The Balaban J connectivity index is 2.53. The van der Waals surface area contributed by atoms with Gasteiger partial charge in [0, 0.05) is 19.6 Å². The average molecular weight is 120 g/mol. The molecule has 0 aromatic carbocycles. The number of hydrogen-bond acceptors (Lipinski definition) is 4. The van der Waals surface area contributed by atoms with E-state index in [0.717, 1.165) is 6.54 Å². The van der Waals surface area contributed by atoms with E-state index in [9.17, 15) is 0 Å². The maximum atomic E-state index is 7.79. The highest BCUT2D eigenvalue weighted by atomic mass is 17.1. The lowest BCUT2D eigenvalue weighted by molar-refractivity contribution is -0.240. The van der Waals surface area contributed by atoms with E-state index in [0.29, 0.717) is 19.7 Å². The van der Waals surface area contributed by atoms with Gasteiger partial charge >= 0.3 is 0 Å². The monoisotopic (exact) mass is 120 g/mol. The number of nitrogens with two attached hydrogens (primary N) is 1. The molecule has 0 aromatic rings. The molecule has 0 fully saturated rings. The molecular formula is C4H12N2O2. The van der Waals surface area contributed by atoms with Gasteiger partial charge in [-0.15, -0.1) is 0 Å². The molecule has 4 nitrogen and oxygen atoms in total. The lowest BCUT2D eigenvalue weighted by atomic mass is 10.6. The van der Waals surface area contributed by atoms with Crippen molar-refractivity contribution in [1.82, 2.24) is 5.32 Å². The summed E-state index contributed by atoms with van der Waals surface area (Å²) in [4.78, 5) is 3.79. The summed E-state index contributed by atoms with van der Waals surface area (Å²) in [6.07, 6.45) is 0. The highest BCUT2D eigenvalue weighted by Gasteiger charge is 1.81. The number of nitrogens with one attached hydrogen (secondary N) is 1. The molecular weight excluding hydrogens is 108 g/mol. The third-order valence-electron chi connectivity index (χ3n) is 0.691. The molecule has 0 aliphatic carbocycles. The van der Waals surface area contributed by atoms with Gasteiger partial charge in [0.05, 0.1) is 6.61 Å². The van der Waals surface area contributed by atoms with E-state index in [2.05, 4.69) is 10.2 Å². The Kier molecular flexibility index (Phi) is 6.70. The van der Waals surface area contributed by atoms with Crippen molar-refractivity contribution in [3.05, 3.63) is 0 Å². The largest absolute Gasteiger partial charge is 0.329 e. The Hall–Kier alpha value is -0.160. The first-order valence-corrected chi connectivity index (χ1v) is 2.59. The van der Waals surface area contributed by atoms with Gasteiger partial charge in [-0.05, 0) is 0 Å². The topological polar surface area (TPSA) is 67.5 Å². The highest BCUT2D eigenvalue weighted by Crippen LogP contribution is 1.60. The highest BCUT2D eigenvalue weighted by molar-refractivity contribution is 4.43. The Morgan fingerprint density at radius 3 is 2.75 bits per heavy atom. The zero-order chi connectivity index (χ0) is 6.24. The number of rotatable bonds is 5. The van der Waals surface area contributed by atoms with Gasteiger partial charge in [-0.2, -0.15) is 0 Å². The Labute approximate surface area is 48.6 Å². The van der Waals surface area contributed by atoms with Gasteiger partial charge in [0.1, 0.15) is 0 Å². The smallest absolute Gasteiger partial charge is 0.0944 e. The van der Waals surface area contributed by atoms with Crippen molar-refractivity contribution in [2.75, 3.05) is 26.2 Å². The minimum atomic E-state index is 0.319. The summed E-state index contributed by atoms with van der Waals surface area (Å²) < 4.78 is 0. The van der Waals surface area contributed by atoms with Crippen LogP contribution >= 0.6 is 0 Å². The molecule has 0 aliphatic rings. The van der Waals surface area contributed by atoms with Crippen LogP contribution in [0.2, 0.25) is 0 Å². The van der Waals surface area contributed by atoms with Crippen LogP contribution in [-0.4, -0.2) is 31.5 Å². The first-order valence-electron chi connectivity index (χ1n) is 2.59. The van der Waals surface area contributed by atoms with Crippen LogP contribution in [0.5, 0.6) is 0 Å². The zero-order valence-electron chi connectivity index (χ0n) is 4.76. The van der Waals surface area contributed by atoms with E-state index in [1.54, 1.807) is 0 Å². The molecule has 0 bridgehead atoms. The second-order valence-corrected chi connectivity index (χ2v) is 1.37. The quantitative estimate of drug-likeness (QED) is 0.248. The second-order valence-electron chi connectivity index (χ2n) is 1.37. The summed E-state index contributed by atoms with van der Waals surface area (Å²) in [6, 6.07) is 0. The first-order chi connectivity index (χ1) is 3.91. The van der Waals surface area contributed by atoms with Crippen LogP contribution in [0.25, 0.3) is 0 Å². The normalized spacial score (nSPS) is 9.75. The molecule has 0 aromatic heterocycles. The molecule has 0 amide bonds. The summed E-state index contributed by atoms with van der Waals surface area (Å²) in [5.41, 5.74) is 5.14. The van der Waals surface area contributed by atoms with Crippen molar-refractivity contribution in [3.8, 4) is 0 Å². The Morgan fingerprint density at radius 1 is 1.50 bits per heavy atom. The van der Waals surface area contributed by atoms with Crippen molar-refractivity contribution >= 4 is 0 Å². The fraction of sp³-hybridized carbons (Fsp3) is 1.00. The lowest BCUT2D eigenvalue weighted by Crippen LogP contribution is -2.25. The molecule has 0 rings (SSSR count). The van der Waals surface area contributed by atoms with Crippen molar-refractivity contribution < 1.29 is 10.1 Å². The minimum Gasteiger partial charge on any atom is -0.329 e. The Morgan fingerprint density at radius 2 is 2.25 bits per heavy atom. The van der Waals surface area contributed by atoms with E-state index in [1.165, 1.54) is 0 Å². The van der Waals surface area contributed by atoms with Crippen LogP contribution in [-0.2, 0) is 4.89 Å². The maximum absolute atomic E-state index is 7.79. The van der Waals surface area contributed by atoms with E-state index in [1.807, 2.05) is 0 Å². The second kappa shape index (κ2) is 6.84. The van der Waals surface area contributed by atoms with E-state index >= 15 is 0 Å². The Bertz CT molecular complexity index is 37.0. The van der Waals surface area contributed by atoms with Gasteiger partial charge in [-0.1, -0.05) is 0 Å². The fourth-order valence-corrected chi connectivity index (χ4v) is 0.345. The molecule has 0 spiro atoms. The molecule has 0 saturated heterocycles. The van der Waals surface area contributed by atoms with Crippen molar-refractivity contribution in [3.63, 3.8) is 0 Å². The van der Waals surface area contributed by atoms with E-state index in [4.69, 9.17) is 11.0 Å². The fourth-order valence-electron chi connectivity index (χ4n) is 0.345. The SMILES string of the molecule is NCCNCCOO. The van der Waals surface area contributed by atoms with Crippen LogP contribution in [0.15, 0.2) is 0 Å². The minimum absolute atomic E-state index is 0.319. The molecule has 8 heavy (non-hydrogen) atoms. The maximum Gasteiger partial charge on any atom is 0.0944 e. The molecule has 50 valence electrons. The molecule has 4 heteroatoms. The molecule has 4 N–H and O–H groups in total. The predicted molar refractivity (Wildman–Crippen MR) is 30.5 cm³/mol. The molecule has 0 aliphatic heterocycles. The summed E-state index contributed by atoms with van der Waals surface area (Å²) >= 11 is 0. The summed E-state index contributed by atoms with van der Waals surface area (Å²) in [7, 11) is 0. The first kappa shape index (κ1) is 7.84. The zero-order valence-corrected chi connectivity index (χ0v) is 4.76. The third kappa shape index (κ3) is 5.84. The molecule has 0 radical (unpaired) electrons. The van der Waals surface area contributed by atoms with Crippen molar-refractivity contribution in [2.45, 2.75) is 0 Å². The molecule has 0 unspecified atom stereocenters. The van der Waals surface area contributed by atoms with E-state index < -0.39 is 0 Å². The third-order valence-corrected chi connectivity index (χ3v) is 0.691. The standard InChI is InChI=1S/C4H12N2O2/c5-1-2-6-3-4-8-7/h6-7H,1-5H2. The van der Waals surface area contributed by atoms with E-state index in [-0.39, 0.29) is 0 Å². The van der Waals surface area contributed by atoms with Crippen LogP contribution in [0, 0.1) is 0 Å². The van der Waals surface area contributed by atoms with Gasteiger partial charge in [-0.3, -0.25) is 5.26 Å². The van der Waals surface area contributed by atoms with Crippen LogP contribution in [0.4, 0.5) is 0 Å². The van der Waals surface area contributed by atoms with Gasteiger partial charge in [0.15, 0.2) is 0 Å². The summed E-state index contributed by atoms with van der Waals surface area (Å²) in [5, 5.41) is 10.7. The van der Waals surface area contributed by atoms with Gasteiger partial charge < -0.3 is 11.1 Å². The number of hydrogen-bond donors (Lipinski definition) is 3. The van der Waals surface area contributed by atoms with Crippen LogP contribution < -0.4 is 11.1 Å². The molecule has 0 saturated carbocycles. The molecule has 0 heterocycles. The lowest BCUT2D eigenvalue weighted by Gasteiger charge is -1.97. The van der Waals surface area contributed by atoms with Crippen LogP contribution in [0.3, 0.4) is 0 Å². The summed E-state index contributed by atoms with van der Waals surface area (Å²) in [6.45, 7) is 2.35. The van der Waals surface area contributed by atoms with Crippen molar-refractivity contribution in [1.29, 1.82) is 0 Å². The molecule has 0 atom stereocenters. The van der Waals surface area contributed by atoms with Gasteiger partial charge in [0.25, 0.3) is 0 Å². The van der Waals surface area contributed by atoms with Crippen LogP contribution in [0.1, 0.15) is 0 Å².